The van der Waals surface area contributed by atoms with Crippen molar-refractivity contribution in [2.45, 2.75) is 51.5 Å². The summed E-state index contributed by atoms with van der Waals surface area (Å²) in [6, 6.07) is 11.3. The molecule has 1 aromatic carbocycles. The van der Waals surface area contributed by atoms with Crippen LogP contribution in [-0.4, -0.2) is 36.5 Å². The highest BCUT2D eigenvalue weighted by Crippen LogP contribution is 2.35. The van der Waals surface area contributed by atoms with Crippen molar-refractivity contribution in [3.8, 4) is 0 Å². The summed E-state index contributed by atoms with van der Waals surface area (Å²) in [7, 11) is 0. The summed E-state index contributed by atoms with van der Waals surface area (Å²) in [5.74, 6) is 1.84. The fourth-order valence-corrected chi connectivity index (χ4v) is 4.40. The van der Waals surface area contributed by atoms with Gasteiger partial charge in [0.05, 0.1) is 0 Å². The van der Waals surface area contributed by atoms with Crippen LogP contribution in [0.25, 0.3) is 0 Å². The van der Waals surface area contributed by atoms with Gasteiger partial charge in [-0.15, -0.1) is 12.4 Å². The van der Waals surface area contributed by atoms with Gasteiger partial charge in [-0.05, 0) is 50.1 Å². The first-order valence-corrected chi connectivity index (χ1v) is 9.26. The van der Waals surface area contributed by atoms with Crippen LogP contribution in [0, 0.1) is 11.8 Å². The van der Waals surface area contributed by atoms with Gasteiger partial charge < -0.3 is 10.2 Å². The summed E-state index contributed by atoms with van der Waals surface area (Å²) >= 11 is 0. The molecule has 1 amide bonds. The summed E-state index contributed by atoms with van der Waals surface area (Å²) in [6.45, 7) is 7.30. The molecule has 0 bridgehead atoms. The van der Waals surface area contributed by atoms with Crippen molar-refractivity contribution in [2.24, 2.45) is 11.8 Å². The molecule has 1 N–H and O–H groups in total. The van der Waals surface area contributed by atoms with Gasteiger partial charge >= 0.3 is 0 Å². The number of amides is 1. The van der Waals surface area contributed by atoms with E-state index in [0.29, 0.717) is 23.8 Å². The molecule has 0 saturated carbocycles. The lowest BCUT2D eigenvalue weighted by atomic mass is 9.78. The number of nitrogens with zero attached hydrogens (tertiary/aromatic N) is 1. The minimum absolute atomic E-state index is 0. The molecule has 3 rings (SSSR count). The second-order valence-corrected chi connectivity index (χ2v) is 7.33. The van der Waals surface area contributed by atoms with E-state index in [1.54, 1.807) is 0 Å². The van der Waals surface area contributed by atoms with Gasteiger partial charge in [-0.25, -0.2) is 0 Å². The lowest BCUT2D eigenvalue weighted by Crippen LogP contribution is -2.48. The van der Waals surface area contributed by atoms with Crippen LogP contribution in [0.1, 0.15) is 51.0 Å². The van der Waals surface area contributed by atoms with Gasteiger partial charge in [0.15, 0.2) is 0 Å². The van der Waals surface area contributed by atoms with Crippen LogP contribution in [0.15, 0.2) is 30.3 Å². The Morgan fingerprint density at radius 3 is 2.67 bits per heavy atom. The highest BCUT2D eigenvalue weighted by atomic mass is 35.5. The maximum atomic E-state index is 12.9. The van der Waals surface area contributed by atoms with E-state index in [0.717, 1.165) is 45.3 Å². The molecule has 134 valence electrons. The number of piperidine rings is 2. The summed E-state index contributed by atoms with van der Waals surface area (Å²) < 4.78 is 0. The van der Waals surface area contributed by atoms with Gasteiger partial charge in [-0.3, -0.25) is 4.79 Å². The Balaban J connectivity index is 0.00000208. The fourth-order valence-electron chi connectivity index (χ4n) is 4.40. The molecule has 2 saturated heterocycles. The van der Waals surface area contributed by atoms with Crippen LogP contribution >= 0.6 is 12.4 Å². The molecule has 4 heteroatoms. The van der Waals surface area contributed by atoms with Crippen molar-refractivity contribution in [1.82, 2.24) is 10.2 Å². The number of hydrogen-bond acceptors (Lipinski definition) is 2. The van der Waals surface area contributed by atoms with Crippen molar-refractivity contribution in [3.63, 3.8) is 0 Å². The largest absolute Gasteiger partial charge is 0.342 e. The summed E-state index contributed by atoms with van der Waals surface area (Å²) in [4.78, 5) is 15.1. The minimum Gasteiger partial charge on any atom is -0.342 e. The van der Waals surface area contributed by atoms with Crippen LogP contribution in [0.2, 0.25) is 0 Å². The van der Waals surface area contributed by atoms with Gasteiger partial charge in [0.2, 0.25) is 5.91 Å². The summed E-state index contributed by atoms with van der Waals surface area (Å²) in [5.41, 5.74) is 1.45. The normalized spacial score (nSPS) is 30.5. The molecule has 2 aliphatic heterocycles. The predicted molar refractivity (Wildman–Crippen MR) is 102 cm³/mol. The number of likely N-dealkylation sites (tertiary alicyclic amines) is 1. The number of benzene rings is 1. The van der Waals surface area contributed by atoms with Gasteiger partial charge in [0, 0.05) is 25.0 Å². The van der Waals surface area contributed by atoms with E-state index in [-0.39, 0.29) is 18.3 Å². The van der Waals surface area contributed by atoms with Crippen molar-refractivity contribution in [1.29, 1.82) is 0 Å². The Labute approximate surface area is 152 Å². The van der Waals surface area contributed by atoms with Crippen LogP contribution in [0.5, 0.6) is 0 Å². The second-order valence-electron chi connectivity index (χ2n) is 7.33. The fraction of sp³-hybridized carbons (Fsp3) is 0.650. The first kappa shape index (κ1) is 19.3. The van der Waals surface area contributed by atoms with Gasteiger partial charge in [0.1, 0.15) is 0 Å². The van der Waals surface area contributed by atoms with Gasteiger partial charge in [-0.1, -0.05) is 43.7 Å². The smallest absolute Gasteiger partial charge is 0.225 e. The molecule has 2 fully saturated rings. The monoisotopic (exact) mass is 350 g/mol. The van der Waals surface area contributed by atoms with E-state index < -0.39 is 0 Å². The van der Waals surface area contributed by atoms with Crippen molar-refractivity contribution in [3.05, 3.63) is 35.9 Å². The molecule has 4 atom stereocenters. The molecular formula is C20H31ClN2O. The van der Waals surface area contributed by atoms with Crippen LogP contribution in [0.3, 0.4) is 0 Å². The average molecular weight is 351 g/mol. The highest BCUT2D eigenvalue weighted by Gasteiger charge is 2.35. The first-order valence-electron chi connectivity index (χ1n) is 9.26. The van der Waals surface area contributed by atoms with Crippen LogP contribution < -0.4 is 5.32 Å². The molecule has 0 aromatic heterocycles. The third kappa shape index (κ3) is 4.31. The Hall–Kier alpha value is -1.06. The third-order valence-electron chi connectivity index (χ3n) is 5.77. The van der Waals surface area contributed by atoms with Crippen LogP contribution in [0.4, 0.5) is 0 Å². The van der Waals surface area contributed by atoms with E-state index in [2.05, 4.69) is 54.4 Å². The molecule has 1 aromatic rings. The van der Waals surface area contributed by atoms with Crippen molar-refractivity contribution < 1.29 is 4.79 Å². The third-order valence-corrected chi connectivity index (χ3v) is 5.77. The van der Waals surface area contributed by atoms with Crippen LogP contribution in [-0.2, 0) is 4.79 Å². The number of carbonyl (C=O) groups is 1. The Morgan fingerprint density at radius 2 is 2.00 bits per heavy atom. The van der Waals surface area contributed by atoms with E-state index in [4.69, 9.17) is 0 Å². The molecular weight excluding hydrogens is 320 g/mol. The first-order chi connectivity index (χ1) is 11.2. The number of halogens is 1. The Morgan fingerprint density at radius 1 is 1.25 bits per heavy atom. The number of carbonyl (C=O) groups excluding carboxylic acids is 1. The van der Waals surface area contributed by atoms with E-state index >= 15 is 0 Å². The SMILES string of the molecule is CCC1CN(C(=O)[C@H]2CCN[C@@H](C)C2)CCC1c1ccccc1.Cl. The minimum atomic E-state index is 0. The zero-order valence-corrected chi connectivity index (χ0v) is 15.7. The zero-order chi connectivity index (χ0) is 16.2. The average Bonchev–Trinajstić information content (AvgIpc) is 2.61. The molecule has 0 spiro atoms. The molecule has 0 aliphatic carbocycles. The molecule has 2 unspecified atom stereocenters. The highest BCUT2D eigenvalue weighted by molar-refractivity contribution is 5.85. The lowest BCUT2D eigenvalue weighted by molar-refractivity contribution is -0.138. The van der Waals surface area contributed by atoms with Crippen molar-refractivity contribution >= 4 is 18.3 Å². The Bertz CT molecular complexity index is 522. The summed E-state index contributed by atoms with van der Waals surface area (Å²) in [6.07, 6.45) is 4.24. The predicted octanol–water partition coefficient (Wildman–Crippen LogP) is 3.84. The summed E-state index contributed by atoms with van der Waals surface area (Å²) in [5, 5.41) is 3.45. The van der Waals surface area contributed by atoms with Gasteiger partial charge in [-0.2, -0.15) is 0 Å². The van der Waals surface area contributed by atoms with Crippen molar-refractivity contribution in [2.75, 3.05) is 19.6 Å². The number of nitrogens with one attached hydrogen (secondary N) is 1. The molecule has 2 heterocycles. The second kappa shape index (κ2) is 8.87. The maximum absolute atomic E-state index is 12.9. The number of rotatable bonds is 3. The topological polar surface area (TPSA) is 32.3 Å². The zero-order valence-electron chi connectivity index (χ0n) is 14.9. The molecule has 2 aliphatic rings. The number of hydrogen-bond donors (Lipinski definition) is 1. The quantitative estimate of drug-likeness (QED) is 0.898. The lowest BCUT2D eigenvalue weighted by Gasteiger charge is -2.41. The molecule has 0 radical (unpaired) electrons. The molecule has 24 heavy (non-hydrogen) atoms. The Kier molecular flexibility index (Phi) is 7.12. The molecule has 3 nitrogen and oxygen atoms in total. The van der Waals surface area contributed by atoms with E-state index in [1.165, 1.54) is 5.56 Å². The van der Waals surface area contributed by atoms with E-state index in [9.17, 15) is 4.79 Å². The maximum Gasteiger partial charge on any atom is 0.225 e. The standard InChI is InChI=1S/C20H30N2O.ClH/c1-3-16-14-22(20(23)18-9-11-21-15(2)13-18)12-10-19(16)17-7-5-4-6-8-17;/h4-8,15-16,18-19,21H,3,9-14H2,1-2H3;1H/t15-,16?,18-,19?;/m0./s1. The van der Waals surface area contributed by atoms with Gasteiger partial charge in [0.25, 0.3) is 0 Å². The van der Waals surface area contributed by atoms with E-state index in [1.807, 2.05) is 0 Å².